The van der Waals surface area contributed by atoms with E-state index in [0.717, 1.165) is 32.5 Å². The molecule has 3 N–H and O–H groups in total. The fourth-order valence-corrected chi connectivity index (χ4v) is 2.93. The number of nitrogens with two attached hydrogens (primary N) is 1. The molecule has 1 saturated heterocycles. The van der Waals surface area contributed by atoms with Crippen LogP contribution in [0.5, 0.6) is 0 Å². The number of Topliss-reactive ketones (excluding diaryl/α,β-unsaturated/α-hetero) is 1. The lowest BCUT2D eigenvalue weighted by Gasteiger charge is -2.31. The average Bonchev–Trinajstić information content (AvgIpc) is 2.55. The van der Waals surface area contributed by atoms with Gasteiger partial charge in [0, 0.05) is 17.9 Å². The fourth-order valence-electron chi connectivity index (χ4n) is 2.93. The Bertz CT molecular complexity index is 596. The van der Waals surface area contributed by atoms with Crippen molar-refractivity contribution in [3.63, 3.8) is 0 Å². The number of hydrogen-bond acceptors (Lipinski definition) is 4. The minimum atomic E-state index is -0.833. The van der Waals surface area contributed by atoms with Crippen LogP contribution in [0.15, 0.2) is 24.3 Å². The van der Waals surface area contributed by atoms with Crippen molar-refractivity contribution >= 4 is 17.7 Å². The number of imide groups is 1. The number of rotatable bonds is 6. The molecule has 6 nitrogen and oxygen atoms in total. The summed E-state index contributed by atoms with van der Waals surface area (Å²) in [7, 11) is 0. The smallest absolute Gasteiger partial charge is 0.318 e. The average molecular weight is 335 g/mol. The molecule has 1 aromatic rings. The summed E-state index contributed by atoms with van der Waals surface area (Å²) in [6, 6.07) is 4.84. The van der Waals surface area contributed by atoms with E-state index < -0.39 is 6.03 Å². The molecule has 0 aromatic heterocycles. The highest BCUT2D eigenvalue weighted by Gasteiger charge is 2.25. The summed E-state index contributed by atoms with van der Waals surface area (Å²) < 4.78 is 12.9. The zero-order valence-corrected chi connectivity index (χ0v) is 13.5. The molecule has 0 aliphatic carbocycles. The van der Waals surface area contributed by atoms with Gasteiger partial charge in [-0.1, -0.05) is 0 Å². The van der Waals surface area contributed by atoms with Crippen LogP contribution >= 0.6 is 0 Å². The van der Waals surface area contributed by atoms with Gasteiger partial charge in [0.25, 0.3) is 0 Å². The van der Waals surface area contributed by atoms with Crippen molar-refractivity contribution in [2.24, 2.45) is 11.7 Å². The van der Waals surface area contributed by atoms with Gasteiger partial charge >= 0.3 is 6.03 Å². The Morgan fingerprint density at radius 1 is 1.17 bits per heavy atom. The Hall–Kier alpha value is -2.28. The molecule has 1 heterocycles. The van der Waals surface area contributed by atoms with Crippen molar-refractivity contribution in [3.05, 3.63) is 35.6 Å². The maximum atomic E-state index is 12.9. The van der Waals surface area contributed by atoms with Crippen LogP contribution in [0.4, 0.5) is 9.18 Å². The first kappa shape index (κ1) is 18.1. The van der Waals surface area contributed by atoms with Gasteiger partial charge in [-0.15, -0.1) is 0 Å². The lowest BCUT2D eigenvalue weighted by Crippen LogP contribution is -2.38. The van der Waals surface area contributed by atoms with Crippen LogP contribution < -0.4 is 11.1 Å². The second-order valence-electron chi connectivity index (χ2n) is 6.00. The van der Waals surface area contributed by atoms with Gasteiger partial charge in [-0.25, -0.2) is 9.18 Å². The number of nitrogens with one attached hydrogen (secondary N) is 1. The van der Waals surface area contributed by atoms with Crippen molar-refractivity contribution in [2.45, 2.75) is 25.7 Å². The molecule has 0 atom stereocenters. The van der Waals surface area contributed by atoms with E-state index in [0.29, 0.717) is 12.0 Å². The monoisotopic (exact) mass is 335 g/mol. The van der Waals surface area contributed by atoms with Gasteiger partial charge in [0.15, 0.2) is 5.78 Å². The van der Waals surface area contributed by atoms with E-state index in [4.69, 9.17) is 5.73 Å². The number of likely N-dealkylation sites (tertiary alicyclic amines) is 1. The third-order valence-electron chi connectivity index (χ3n) is 4.23. The highest BCUT2D eigenvalue weighted by atomic mass is 19.1. The topological polar surface area (TPSA) is 92.5 Å². The van der Waals surface area contributed by atoms with E-state index in [1.807, 2.05) is 5.32 Å². The Morgan fingerprint density at radius 3 is 2.38 bits per heavy atom. The molecule has 130 valence electrons. The zero-order valence-electron chi connectivity index (χ0n) is 13.5. The molecule has 1 aromatic carbocycles. The number of urea groups is 1. The van der Waals surface area contributed by atoms with Crippen LogP contribution in [-0.4, -0.2) is 42.3 Å². The quantitative estimate of drug-likeness (QED) is 0.774. The minimum Gasteiger partial charge on any atom is -0.351 e. The molecular formula is C17H22FN3O3. The number of primary amides is 1. The lowest BCUT2D eigenvalue weighted by molar-refractivity contribution is -0.120. The van der Waals surface area contributed by atoms with Crippen molar-refractivity contribution in [3.8, 4) is 0 Å². The summed E-state index contributed by atoms with van der Waals surface area (Å²) in [6.45, 7) is 2.31. The third kappa shape index (κ3) is 5.42. The number of nitrogens with zero attached hydrogens (tertiary/aromatic N) is 1. The largest absolute Gasteiger partial charge is 0.351 e. The van der Waals surface area contributed by atoms with Gasteiger partial charge in [0.2, 0.25) is 5.91 Å². The summed E-state index contributed by atoms with van der Waals surface area (Å²) in [5.41, 5.74) is 5.43. The molecule has 0 bridgehead atoms. The van der Waals surface area contributed by atoms with E-state index in [9.17, 15) is 18.8 Å². The summed E-state index contributed by atoms with van der Waals surface area (Å²) >= 11 is 0. The van der Waals surface area contributed by atoms with Gasteiger partial charge in [0.05, 0.1) is 0 Å². The van der Waals surface area contributed by atoms with Gasteiger partial charge in [-0.05, 0) is 63.2 Å². The van der Waals surface area contributed by atoms with Gasteiger partial charge in [-0.2, -0.15) is 0 Å². The molecule has 0 unspecified atom stereocenters. The Kier molecular flexibility index (Phi) is 6.43. The molecule has 0 saturated carbocycles. The maximum Gasteiger partial charge on any atom is 0.318 e. The van der Waals surface area contributed by atoms with Crippen LogP contribution in [0.1, 0.15) is 36.0 Å². The van der Waals surface area contributed by atoms with E-state index in [-0.39, 0.29) is 29.8 Å². The number of hydrogen-bond donors (Lipinski definition) is 2. The lowest BCUT2D eigenvalue weighted by atomic mass is 9.89. The molecule has 1 fully saturated rings. The molecule has 1 aliphatic rings. The number of carbonyl (C=O) groups excluding carboxylic acids is 3. The molecule has 0 spiro atoms. The number of benzene rings is 1. The highest BCUT2D eigenvalue weighted by Crippen LogP contribution is 2.22. The standard InChI is InChI=1S/C17H22FN3O3/c18-14-5-3-12(4-6-14)16(23)13-7-10-21(11-8-13)9-1-2-15(22)20-17(19)24/h3-6,13H,1-2,7-11H2,(H3,19,20,22,24). The third-order valence-corrected chi connectivity index (χ3v) is 4.23. The van der Waals surface area contributed by atoms with Gasteiger partial charge < -0.3 is 10.6 Å². The number of ketones is 1. The SMILES string of the molecule is NC(=O)NC(=O)CCCN1CCC(C(=O)c2ccc(F)cc2)CC1. The first-order valence-corrected chi connectivity index (χ1v) is 8.07. The second-order valence-corrected chi connectivity index (χ2v) is 6.00. The van der Waals surface area contributed by atoms with Gasteiger partial charge in [0.1, 0.15) is 5.82 Å². The zero-order chi connectivity index (χ0) is 17.5. The van der Waals surface area contributed by atoms with Crippen molar-refractivity contribution in [1.29, 1.82) is 0 Å². The molecule has 1 aliphatic heterocycles. The highest BCUT2D eigenvalue weighted by molar-refractivity contribution is 5.97. The van der Waals surface area contributed by atoms with Crippen molar-refractivity contribution < 1.29 is 18.8 Å². The molecule has 3 amide bonds. The maximum absolute atomic E-state index is 12.9. The van der Waals surface area contributed by atoms with Crippen LogP contribution in [0.25, 0.3) is 0 Å². The van der Waals surface area contributed by atoms with Crippen LogP contribution in [0, 0.1) is 11.7 Å². The van der Waals surface area contributed by atoms with Crippen LogP contribution in [0.3, 0.4) is 0 Å². The molecule has 0 radical (unpaired) electrons. The van der Waals surface area contributed by atoms with E-state index in [1.54, 1.807) is 0 Å². The molecule has 2 rings (SSSR count). The fraction of sp³-hybridized carbons (Fsp3) is 0.471. The number of piperidine rings is 1. The van der Waals surface area contributed by atoms with Crippen LogP contribution in [0.2, 0.25) is 0 Å². The Balaban J connectivity index is 1.71. The van der Waals surface area contributed by atoms with Crippen molar-refractivity contribution in [2.75, 3.05) is 19.6 Å². The summed E-state index contributed by atoms with van der Waals surface area (Å²) in [5.74, 6) is -0.689. The number of carbonyl (C=O) groups is 3. The molecule has 7 heteroatoms. The minimum absolute atomic E-state index is 0.0372. The van der Waals surface area contributed by atoms with Crippen LogP contribution in [-0.2, 0) is 4.79 Å². The van der Waals surface area contributed by atoms with Gasteiger partial charge in [-0.3, -0.25) is 14.9 Å². The summed E-state index contributed by atoms with van der Waals surface area (Å²) in [4.78, 5) is 36.4. The van der Waals surface area contributed by atoms with E-state index in [2.05, 4.69) is 4.90 Å². The second kappa shape index (κ2) is 8.54. The first-order valence-electron chi connectivity index (χ1n) is 8.07. The number of halogens is 1. The molecule has 24 heavy (non-hydrogen) atoms. The predicted molar refractivity (Wildman–Crippen MR) is 86.9 cm³/mol. The van der Waals surface area contributed by atoms with E-state index >= 15 is 0 Å². The first-order chi connectivity index (χ1) is 11.5. The normalized spacial score (nSPS) is 15.9. The summed E-state index contributed by atoms with van der Waals surface area (Å²) in [6.07, 6.45) is 2.39. The number of amides is 3. The summed E-state index contributed by atoms with van der Waals surface area (Å²) in [5, 5.41) is 2.03. The molecular weight excluding hydrogens is 313 g/mol. The van der Waals surface area contributed by atoms with Crippen molar-refractivity contribution in [1.82, 2.24) is 10.2 Å². The van der Waals surface area contributed by atoms with E-state index in [1.165, 1.54) is 24.3 Å². The Labute approximate surface area is 140 Å². The predicted octanol–water partition coefficient (Wildman–Crippen LogP) is 1.70. The Morgan fingerprint density at radius 2 is 1.79 bits per heavy atom.